The van der Waals surface area contributed by atoms with Crippen LogP contribution >= 0.6 is 0 Å². The lowest BCUT2D eigenvalue weighted by Crippen LogP contribution is -2.26. The zero-order valence-electron chi connectivity index (χ0n) is 18.3. The average molecular weight is 417 g/mol. The Labute approximate surface area is 177 Å². The van der Waals surface area contributed by atoms with Gasteiger partial charge in [0.2, 0.25) is 5.88 Å². The first-order chi connectivity index (χ1) is 14.5. The van der Waals surface area contributed by atoms with Crippen molar-refractivity contribution in [3.8, 4) is 17.3 Å². The summed E-state index contributed by atoms with van der Waals surface area (Å²) in [5.41, 5.74) is 2.63. The van der Waals surface area contributed by atoms with Crippen LogP contribution in [-0.2, 0) is 18.3 Å². The number of nitrogens with one attached hydrogen (secondary N) is 1. The minimum absolute atomic E-state index is 0.218. The van der Waals surface area contributed by atoms with Gasteiger partial charge in [-0.2, -0.15) is 0 Å². The number of carbonyl (C=O) groups excluding carboxylic acids is 1. The summed E-state index contributed by atoms with van der Waals surface area (Å²) in [4.78, 5) is 21.1. The average Bonchev–Trinajstić information content (AvgIpc) is 3.13. The highest BCUT2D eigenvalue weighted by Crippen LogP contribution is 2.26. The van der Waals surface area contributed by atoms with E-state index in [1.165, 1.54) is 19.3 Å². The molecule has 9 nitrogen and oxygen atoms in total. The molecule has 1 atom stereocenters. The van der Waals surface area contributed by atoms with Gasteiger partial charge in [-0.25, -0.2) is 19.4 Å². The molecule has 1 aliphatic carbocycles. The summed E-state index contributed by atoms with van der Waals surface area (Å²) in [5, 5.41) is 11.1. The van der Waals surface area contributed by atoms with Gasteiger partial charge in [0.25, 0.3) is 0 Å². The molecule has 9 heteroatoms. The van der Waals surface area contributed by atoms with Crippen molar-refractivity contribution in [3.63, 3.8) is 0 Å². The monoisotopic (exact) mass is 416 g/mol. The Morgan fingerprint density at radius 1 is 1.33 bits per heavy atom. The van der Waals surface area contributed by atoms with Crippen molar-refractivity contribution in [2.45, 2.75) is 71.9 Å². The van der Waals surface area contributed by atoms with Crippen LogP contribution in [0.4, 0.5) is 4.79 Å². The number of carbonyl (C=O) groups is 1. The lowest BCUT2D eigenvalue weighted by atomic mass is 9.98. The van der Waals surface area contributed by atoms with Gasteiger partial charge in [-0.05, 0) is 38.5 Å². The van der Waals surface area contributed by atoms with Crippen molar-refractivity contribution in [1.82, 2.24) is 30.3 Å². The van der Waals surface area contributed by atoms with Gasteiger partial charge in [-0.15, -0.1) is 5.10 Å². The van der Waals surface area contributed by atoms with E-state index in [4.69, 9.17) is 9.47 Å². The normalized spacial score (nSPS) is 15.6. The molecule has 2 aromatic rings. The Hall–Kier alpha value is -2.71. The van der Waals surface area contributed by atoms with E-state index in [9.17, 15) is 4.79 Å². The smallest absolute Gasteiger partial charge is 0.407 e. The van der Waals surface area contributed by atoms with Crippen molar-refractivity contribution < 1.29 is 14.3 Å². The Kier molecular flexibility index (Phi) is 7.59. The molecule has 1 fully saturated rings. The van der Waals surface area contributed by atoms with Crippen molar-refractivity contribution in [1.29, 1.82) is 0 Å². The predicted octanol–water partition coefficient (Wildman–Crippen LogP) is 3.56. The molecule has 1 unspecified atom stereocenters. The molecule has 1 aliphatic rings. The SMILES string of the molecule is CCC(C)COC(=O)NCc1c(-c2cnc(OC3CCCCC3)c(C)n2)nnn1C. The number of hydrogen-bond donors (Lipinski definition) is 1. The number of ether oxygens (including phenoxy) is 2. The van der Waals surface area contributed by atoms with Gasteiger partial charge < -0.3 is 14.8 Å². The minimum atomic E-state index is -0.457. The van der Waals surface area contributed by atoms with Crippen LogP contribution in [0, 0.1) is 12.8 Å². The first-order valence-corrected chi connectivity index (χ1v) is 10.8. The highest BCUT2D eigenvalue weighted by molar-refractivity contribution is 5.67. The quantitative estimate of drug-likeness (QED) is 0.701. The highest BCUT2D eigenvalue weighted by Gasteiger charge is 2.20. The van der Waals surface area contributed by atoms with Crippen LogP contribution in [0.25, 0.3) is 11.4 Å². The van der Waals surface area contributed by atoms with Gasteiger partial charge in [0, 0.05) is 7.05 Å². The third-order valence-electron chi connectivity index (χ3n) is 5.51. The second-order valence-corrected chi connectivity index (χ2v) is 8.00. The molecule has 0 aliphatic heterocycles. The molecular weight excluding hydrogens is 384 g/mol. The fourth-order valence-electron chi connectivity index (χ4n) is 3.36. The van der Waals surface area contributed by atoms with Crippen LogP contribution in [0.3, 0.4) is 0 Å². The summed E-state index contributed by atoms with van der Waals surface area (Å²) in [6.45, 7) is 6.62. The van der Waals surface area contributed by atoms with Crippen molar-refractivity contribution in [2.24, 2.45) is 13.0 Å². The largest absolute Gasteiger partial charge is 0.473 e. The fourth-order valence-corrected chi connectivity index (χ4v) is 3.36. The van der Waals surface area contributed by atoms with E-state index in [0.717, 1.165) is 30.7 Å². The van der Waals surface area contributed by atoms with E-state index in [0.29, 0.717) is 29.8 Å². The number of aromatic nitrogens is 5. The molecule has 2 heterocycles. The van der Waals surface area contributed by atoms with E-state index < -0.39 is 6.09 Å². The molecule has 2 aromatic heterocycles. The Bertz CT molecular complexity index is 847. The number of amides is 1. The summed E-state index contributed by atoms with van der Waals surface area (Å²) in [7, 11) is 1.78. The number of alkyl carbamates (subject to hydrolysis) is 1. The van der Waals surface area contributed by atoms with Crippen LogP contribution in [0.1, 0.15) is 63.8 Å². The van der Waals surface area contributed by atoms with E-state index in [1.807, 2.05) is 13.8 Å². The van der Waals surface area contributed by atoms with Crippen LogP contribution in [0.5, 0.6) is 5.88 Å². The first-order valence-electron chi connectivity index (χ1n) is 10.8. The van der Waals surface area contributed by atoms with Gasteiger partial charge in [0.1, 0.15) is 23.2 Å². The molecule has 30 heavy (non-hydrogen) atoms. The second-order valence-electron chi connectivity index (χ2n) is 8.00. The maximum absolute atomic E-state index is 12.0. The summed E-state index contributed by atoms with van der Waals surface area (Å²) in [6.07, 6.45) is 8.18. The van der Waals surface area contributed by atoms with Crippen molar-refractivity contribution >= 4 is 6.09 Å². The lowest BCUT2D eigenvalue weighted by Gasteiger charge is -2.22. The third-order valence-corrected chi connectivity index (χ3v) is 5.51. The maximum Gasteiger partial charge on any atom is 0.407 e. The molecule has 0 saturated heterocycles. The van der Waals surface area contributed by atoms with Crippen LogP contribution in [0.2, 0.25) is 0 Å². The zero-order chi connectivity index (χ0) is 21.5. The predicted molar refractivity (Wildman–Crippen MR) is 112 cm³/mol. The Balaban J connectivity index is 1.66. The Morgan fingerprint density at radius 2 is 2.10 bits per heavy atom. The fraction of sp³-hybridized carbons (Fsp3) is 0.667. The molecule has 0 aromatic carbocycles. The van der Waals surface area contributed by atoms with E-state index in [1.54, 1.807) is 17.9 Å². The maximum atomic E-state index is 12.0. The summed E-state index contributed by atoms with van der Waals surface area (Å²) >= 11 is 0. The van der Waals surface area contributed by atoms with Crippen molar-refractivity contribution in [2.75, 3.05) is 6.61 Å². The van der Waals surface area contributed by atoms with E-state index in [-0.39, 0.29) is 12.6 Å². The molecule has 1 saturated carbocycles. The van der Waals surface area contributed by atoms with Gasteiger partial charge >= 0.3 is 6.09 Å². The van der Waals surface area contributed by atoms with Crippen LogP contribution < -0.4 is 10.1 Å². The molecule has 1 amide bonds. The standard InChI is InChI=1S/C21H32N6O3/c1-5-14(2)13-29-21(28)23-12-18-19(25-26-27(18)4)17-11-22-20(15(3)24-17)30-16-9-7-6-8-10-16/h11,14,16H,5-10,12-13H2,1-4H3,(H,23,28). The molecule has 164 valence electrons. The molecule has 0 spiro atoms. The molecule has 1 N–H and O–H groups in total. The van der Waals surface area contributed by atoms with Gasteiger partial charge in [0.05, 0.1) is 25.0 Å². The number of rotatable bonds is 8. The molecule has 3 rings (SSSR count). The number of hydrogen-bond acceptors (Lipinski definition) is 7. The molecule has 0 bridgehead atoms. The lowest BCUT2D eigenvalue weighted by molar-refractivity contribution is 0.128. The molecule has 0 radical (unpaired) electrons. The van der Waals surface area contributed by atoms with Crippen LogP contribution in [0.15, 0.2) is 6.20 Å². The summed E-state index contributed by atoms with van der Waals surface area (Å²) in [6, 6.07) is 0. The first kappa shape index (κ1) is 22.0. The van der Waals surface area contributed by atoms with Crippen LogP contribution in [-0.4, -0.2) is 43.8 Å². The zero-order valence-corrected chi connectivity index (χ0v) is 18.3. The minimum Gasteiger partial charge on any atom is -0.473 e. The Morgan fingerprint density at radius 3 is 2.80 bits per heavy atom. The van der Waals surface area contributed by atoms with Gasteiger partial charge in [0.15, 0.2) is 0 Å². The van der Waals surface area contributed by atoms with Gasteiger partial charge in [-0.3, -0.25) is 0 Å². The topological polar surface area (TPSA) is 104 Å². The third kappa shape index (κ3) is 5.67. The number of nitrogens with zero attached hydrogens (tertiary/aromatic N) is 5. The van der Waals surface area contributed by atoms with E-state index in [2.05, 4.69) is 32.5 Å². The van der Waals surface area contributed by atoms with Crippen molar-refractivity contribution in [3.05, 3.63) is 17.6 Å². The van der Waals surface area contributed by atoms with Gasteiger partial charge in [-0.1, -0.05) is 31.9 Å². The number of aryl methyl sites for hydroxylation is 2. The summed E-state index contributed by atoms with van der Waals surface area (Å²) in [5.74, 6) is 0.903. The highest BCUT2D eigenvalue weighted by atomic mass is 16.5. The molecular formula is C21H32N6O3. The summed E-state index contributed by atoms with van der Waals surface area (Å²) < 4.78 is 12.9. The van der Waals surface area contributed by atoms with E-state index >= 15 is 0 Å². The second kappa shape index (κ2) is 10.4.